The van der Waals surface area contributed by atoms with Gasteiger partial charge in [-0.2, -0.15) is 4.31 Å². The number of aliphatic hydroxyl groups is 1. The molecule has 20 heavy (non-hydrogen) atoms. The van der Waals surface area contributed by atoms with Crippen molar-refractivity contribution < 1.29 is 21.9 Å². The molecule has 1 aliphatic rings. The molecule has 0 aliphatic carbocycles. The molecule has 0 aromatic heterocycles. The number of hydrogen-bond donors (Lipinski definition) is 1. The van der Waals surface area contributed by atoms with Gasteiger partial charge in [-0.15, -0.1) is 0 Å². The molecule has 1 aromatic rings. The minimum Gasteiger partial charge on any atom is -0.389 e. The summed E-state index contributed by atoms with van der Waals surface area (Å²) in [5, 5.41) is 9.84. The lowest BCUT2D eigenvalue weighted by atomic mass is 10.1. The molecule has 1 N–H and O–H groups in total. The third-order valence-corrected chi connectivity index (χ3v) is 6.29. The van der Waals surface area contributed by atoms with Crippen molar-refractivity contribution in [3.05, 3.63) is 24.3 Å². The zero-order valence-electron chi connectivity index (χ0n) is 11.3. The van der Waals surface area contributed by atoms with Crippen molar-refractivity contribution in [3.8, 4) is 0 Å². The van der Waals surface area contributed by atoms with E-state index in [2.05, 4.69) is 0 Å². The van der Waals surface area contributed by atoms with Gasteiger partial charge in [0.1, 0.15) is 0 Å². The van der Waals surface area contributed by atoms with Gasteiger partial charge in [-0.3, -0.25) is 0 Å². The number of rotatable bonds is 3. The van der Waals surface area contributed by atoms with E-state index in [0.29, 0.717) is 6.42 Å². The molecule has 112 valence electrons. The molecule has 8 heteroatoms. The van der Waals surface area contributed by atoms with Crippen LogP contribution in [0.25, 0.3) is 0 Å². The van der Waals surface area contributed by atoms with Crippen molar-refractivity contribution in [2.75, 3.05) is 19.3 Å². The zero-order chi connectivity index (χ0) is 15.2. The van der Waals surface area contributed by atoms with E-state index < -0.39 is 25.5 Å². The van der Waals surface area contributed by atoms with Crippen LogP contribution in [0.3, 0.4) is 0 Å². The molecule has 6 nitrogen and oxygen atoms in total. The first-order valence-electron chi connectivity index (χ1n) is 6.05. The monoisotopic (exact) mass is 319 g/mol. The van der Waals surface area contributed by atoms with E-state index in [4.69, 9.17) is 0 Å². The van der Waals surface area contributed by atoms with Gasteiger partial charge in [-0.1, -0.05) is 0 Å². The maximum Gasteiger partial charge on any atom is 0.243 e. The summed E-state index contributed by atoms with van der Waals surface area (Å²) >= 11 is 0. The highest BCUT2D eigenvalue weighted by atomic mass is 32.2. The Balaban J connectivity index is 2.32. The number of hydrogen-bond acceptors (Lipinski definition) is 5. The average Bonchev–Trinajstić information content (AvgIpc) is 2.69. The summed E-state index contributed by atoms with van der Waals surface area (Å²) in [6, 6.07) is 5.10. The molecule has 1 saturated heterocycles. The van der Waals surface area contributed by atoms with Crippen LogP contribution in [0.5, 0.6) is 0 Å². The van der Waals surface area contributed by atoms with Gasteiger partial charge in [0.25, 0.3) is 0 Å². The zero-order valence-corrected chi connectivity index (χ0v) is 12.9. The summed E-state index contributed by atoms with van der Waals surface area (Å²) in [6.45, 7) is 1.89. The quantitative estimate of drug-likeness (QED) is 0.861. The molecule has 1 unspecified atom stereocenters. The van der Waals surface area contributed by atoms with Crippen molar-refractivity contribution >= 4 is 19.9 Å². The molecule has 0 saturated carbocycles. The van der Waals surface area contributed by atoms with Gasteiger partial charge in [0.05, 0.1) is 15.4 Å². The second-order valence-electron chi connectivity index (χ2n) is 5.33. The van der Waals surface area contributed by atoms with Crippen LogP contribution in [0.2, 0.25) is 0 Å². The largest absolute Gasteiger partial charge is 0.389 e. The third kappa shape index (κ3) is 3.03. The highest BCUT2D eigenvalue weighted by Crippen LogP contribution is 2.27. The Labute approximate surface area is 119 Å². The summed E-state index contributed by atoms with van der Waals surface area (Å²) in [4.78, 5) is 0.104. The molecule has 0 radical (unpaired) electrons. The molecule has 0 amide bonds. The fraction of sp³-hybridized carbons (Fsp3) is 0.500. The number of nitrogens with zero attached hydrogens (tertiary/aromatic N) is 1. The molecule has 1 fully saturated rings. The summed E-state index contributed by atoms with van der Waals surface area (Å²) in [6.07, 6.45) is 1.45. The Morgan fingerprint density at radius 3 is 2.00 bits per heavy atom. The molecular formula is C12H17NO5S2. The van der Waals surface area contributed by atoms with E-state index in [1.165, 1.54) is 28.6 Å². The second kappa shape index (κ2) is 4.80. The first-order chi connectivity index (χ1) is 9.02. The topological polar surface area (TPSA) is 91.8 Å². The first kappa shape index (κ1) is 15.4. The van der Waals surface area contributed by atoms with Crippen LogP contribution >= 0.6 is 0 Å². The summed E-state index contributed by atoms with van der Waals surface area (Å²) < 4.78 is 48.6. The van der Waals surface area contributed by atoms with E-state index >= 15 is 0 Å². The predicted molar refractivity (Wildman–Crippen MR) is 73.6 cm³/mol. The van der Waals surface area contributed by atoms with Gasteiger partial charge < -0.3 is 5.11 Å². The lowest BCUT2D eigenvalue weighted by Gasteiger charge is -2.19. The van der Waals surface area contributed by atoms with E-state index in [-0.39, 0.29) is 22.9 Å². The van der Waals surface area contributed by atoms with E-state index in [0.717, 1.165) is 6.26 Å². The smallest absolute Gasteiger partial charge is 0.243 e. The Bertz CT molecular complexity index is 705. The van der Waals surface area contributed by atoms with Crippen LogP contribution in [0.1, 0.15) is 13.3 Å². The number of β-amino-alcohol motifs (C(OH)–C–C–N with tert-alkyl or cyclic N) is 1. The second-order valence-corrected chi connectivity index (χ2v) is 9.28. The third-order valence-electron chi connectivity index (χ3n) is 3.31. The molecular weight excluding hydrogens is 302 g/mol. The van der Waals surface area contributed by atoms with Gasteiger partial charge in [0.15, 0.2) is 9.84 Å². The molecule has 0 spiro atoms. The van der Waals surface area contributed by atoms with Gasteiger partial charge >= 0.3 is 0 Å². The minimum atomic E-state index is -3.69. The molecule has 1 heterocycles. The summed E-state index contributed by atoms with van der Waals surface area (Å²) in [7, 11) is -7.04. The SMILES string of the molecule is CC1(O)CCN(S(=O)(=O)c2ccc(S(C)(=O)=O)cc2)C1. The van der Waals surface area contributed by atoms with Crippen molar-refractivity contribution in [2.24, 2.45) is 0 Å². The van der Waals surface area contributed by atoms with Crippen LogP contribution in [-0.4, -0.2) is 51.2 Å². The lowest BCUT2D eigenvalue weighted by Crippen LogP contribution is -2.33. The highest BCUT2D eigenvalue weighted by Gasteiger charge is 2.38. The van der Waals surface area contributed by atoms with Crippen molar-refractivity contribution in [3.63, 3.8) is 0 Å². The number of sulfonamides is 1. The van der Waals surface area contributed by atoms with Crippen LogP contribution in [0.15, 0.2) is 34.1 Å². The van der Waals surface area contributed by atoms with Gasteiger partial charge in [0.2, 0.25) is 10.0 Å². The Kier molecular flexibility index (Phi) is 3.70. The molecule has 2 rings (SSSR count). The highest BCUT2D eigenvalue weighted by molar-refractivity contribution is 7.90. The Morgan fingerprint density at radius 1 is 1.10 bits per heavy atom. The molecule has 1 aliphatic heterocycles. The average molecular weight is 319 g/mol. The minimum absolute atomic E-state index is 0.0302. The van der Waals surface area contributed by atoms with Gasteiger partial charge in [-0.05, 0) is 37.6 Å². The van der Waals surface area contributed by atoms with Crippen LogP contribution in [0.4, 0.5) is 0 Å². The fourth-order valence-electron chi connectivity index (χ4n) is 2.12. The number of sulfone groups is 1. The normalized spacial score (nSPS) is 24.9. The van der Waals surface area contributed by atoms with Crippen molar-refractivity contribution in [1.82, 2.24) is 4.31 Å². The maximum absolute atomic E-state index is 12.3. The fourth-order valence-corrected chi connectivity index (χ4v) is 4.30. The van der Waals surface area contributed by atoms with Crippen LogP contribution in [0, 0.1) is 0 Å². The Hall–Kier alpha value is -0.960. The summed E-state index contributed by atoms with van der Waals surface area (Å²) in [5.41, 5.74) is -1.01. The maximum atomic E-state index is 12.3. The molecule has 1 aromatic carbocycles. The van der Waals surface area contributed by atoms with Crippen molar-refractivity contribution in [2.45, 2.75) is 28.7 Å². The number of benzene rings is 1. The molecule has 1 atom stereocenters. The van der Waals surface area contributed by atoms with Crippen LogP contribution in [-0.2, 0) is 19.9 Å². The van der Waals surface area contributed by atoms with E-state index in [1.54, 1.807) is 6.92 Å². The molecule has 0 bridgehead atoms. The van der Waals surface area contributed by atoms with Gasteiger partial charge in [0, 0.05) is 19.3 Å². The lowest BCUT2D eigenvalue weighted by molar-refractivity contribution is 0.0762. The summed E-state index contributed by atoms with van der Waals surface area (Å²) in [5.74, 6) is 0. The van der Waals surface area contributed by atoms with E-state index in [9.17, 15) is 21.9 Å². The standard InChI is InChI=1S/C12H17NO5S2/c1-12(14)7-8-13(9-12)20(17,18)11-5-3-10(4-6-11)19(2,15)16/h3-6,14H,7-9H2,1-2H3. The Morgan fingerprint density at radius 2 is 1.60 bits per heavy atom. The van der Waals surface area contributed by atoms with Gasteiger partial charge in [-0.25, -0.2) is 16.8 Å². The van der Waals surface area contributed by atoms with E-state index in [1.807, 2.05) is 0 Å². The predicted octanol–water partition coefficient (Wildman–Crippen LogP) is 0.236. The first-order valence-corrected chi connectivity index (χ1v) is 9.38. The van der Waals surface area contributed by atoms with Crippen molar-refractivity contribution in [1.29, 1.82) is 0 Å². The van der Waals surface area contributed by atoms with Crippen LogP contribution < -0.4 is 0 Å².